The highest BCUT2D eigenvalue weighted by atomic mass is 16.5. The maximum atomic E-state index is 12.2. The van der Waals surface area contributed by atoms with Gasteiger partial charge in [0.15, 0.2) is 0 Å². The Bertz CT molecular complexity index is 553. The van der Waals surface area contributed by atoms with Crippen LogP contribution in [0.3, 0.4) is 0 Å². The molecule has 23 heavy (non-hydrogen) atoms. The molecule has 2 rings (SSSR count). The minimum Gasteiger partial charge on any atom is -0.495 e. The molecular weight excluding hydrogens is 296 g/mol. The van der Waals surface area contributed by atoms with Crippen LogP contribution < -0.4 is 9.64 Å². The van der Waals surface area contributed by atoms with Gasteiger partial charge >= 0.3 is 5.97 Å². The van der Waals surface area contributed by atoms with Crippen molar-refractivity contribution in [2.75, 3.05) is 38.2 Å². The average Bonchev–Trinajstić information content (AvgIpc) is 2.54. The van der Waals surface area contributed by atoms with Crippen LogP contribution in [0, 0.1) is 5.92 Å². The van der Waals surface area contributed by atoms with E-state index in [9.17, 15) is 9.59 Å². The minimum atomic E-state index is -0.855. The zero-order chi connectivity index (χ0) is 16.8. The summed E-state index contributed by atoms with van der Waals surface area (Å²) in [5, 5.41) is 8.77. The highest BCUT2D eigenvalue weighted by molar-refractivity contribution is 5.77. The van der Waals surface area contributed by atoms with Gasteiger partial charge in [-0.2, -0.15) is 0 Å². The van der Waals surface area contributed by atoms with Crippen LogP contribution in [-0.2, 0) is 9.59 Å². The van der Waals surface area contributed by atoms with Gasteiger partial charge in [-0.1, -0.05) is 19.1 Å². The van der Waals surface area contributed by atoms with Crippen LogP contribution in [-0.4, -0.2) is 55.2 Å². The number of amides is 1. The first-order valence-electron chi connectivity index (χ1n) is 7.88. The van der Waals surface area contributed by atoms with Crippen LogP contribution in [0.2, 0.25) is 0 Å². The van der Waals surface area contributed by atoms with E-state index in [0.717, 1.165) is 24.5 Å². The fourth-order valence-electron chi connectivity index (χ4n) is 2.89. The summed E-state index contributed by atoms with van der Waals surface area (Å²) in [6, 6.07) is 7.86. The van der Waals surface area contributed by atoms with E-state index < -0.39 is 5.97 Å². The molecule has 1 aliphatic heterocycles. The molecule has 6 heteroatoms. The van der Waals surface area contributed by atoms with E-state index in [-0.39, 0.29) is 18.2 Å². The molecule has 1 aliphatic rings. The van der Waals surface area contributed by atoms with Gasteiger partial charge in [-0.05, 0) is 18.1 Å². The molecule has 0 saturated carbocycles. The van der Waals surface area contributed by atoms with E-state index in [1.54, 1.807) is 14.0 Å². The fourth-order valence-corrected chi connectivity index (χ4v) is 2.89. The number of hydrogen-bond donors (Lipinski definition) is 1. The SMILES string of the molecule is COc1ccccc1N1CCN(C(=O)CC(C)CC(=O)O)CC1. The number of hydrogen-bond acceptors (Lipinski definition) is 4. The van der Waals surface area contributed by atoms with Gasteiger partial charge in [0.25, 0.3) is 0 Å². The third kappa shape index (κ3) is 4.61. The summed E-state index contributed by atoms with van der Waals surface area (Å²) in [6.45, 7) is 4.60. The van der Waals surface area contributed by atoms with E-state index in [1.807, 2.05) is 29.2 Å². The first kappa shape index (κ1) is 17.1. The van der Waals surface area contributed by atoms with Crippen molar-refractivity contribution in [3.63, 3.8) is 0 Å². The number of carbonyl (C=O) groups excluding carboxylic acids is 1. The Morgan fingerprint density at radius 3 is 2.43 bits per heavy atom. The van der Waals surface area contributed by atoms with Crippen molar-refractivity contribution in [2.24, 2.45) is 5.92 Å². The largest absolute Gasteiger partial charge is 0.495 e. The lowest BCUT2D eigenvalue weighted by atomic mass is 10.0. The number of methoxy groups -OCH3 is 1. The van der Waals surface area contributed by atoms with Crippen molar-refractivity contribution in [1.82, 2.24) is 4.90 Å². The third-order valence-corrected chi connectivity index (χ3v) is 4.10. The molecule has 1 atom stereocenters. The quantitative estimate of drug-likeness (QED) is 0.866. The number of carboxylic acid groups (broad SMARTS) is 1. The molecule has 1 N–H and O–H groups in total. The molecule has 1 fully saturated rings. The predicted molar refractivity (Wildman–Crippen MR) is 87.8 cm³/mol. The smallest absolute Gasteiger partial charge is 0.303 e. The first-order chi connectivity index (χ1) is 11.0. The maximum absolute atomic E-state index is 12.2. The molecule has 0 aliphatic carbocycles. The number of carbonyl (C=O) groups is 2. The lowest BCUT2D eigenvalue weighted by Crippen LogP contribution is -2.49. The Morgan fingerprint density at radius 1 is 1.17 bits per heavy atom. The van der Waals surface area contributed by atoms with Crippen molar-refractivity contribution < 1.29 is 19.4 Å². The van der Waals surface area contributed by atoms with Crippen LogP contribution in [0.1, 0.15) is 19.8 Å². The van der Waals surface area contributed by atoms with Crippen LogP contribution >= 0.6 is 0 Å². The molecule has 0 spiro atoms. The summed E-state index contributed by atoms with van der Waals surface area (Å²) >= 11 is 0. The Morgan fingerprint density at radius 2 is 1.83 bits per heavy atom. The van der Waals surface area contributed by atoms with Crippen LogP contribution in [0.25, 0.3) is 0 Å². The molecule has 1 aromatic carbocycles. The molecule has 1 heterocycles. The van der Waals surface area contributed by atoms with E-state index >= 15 is 0 Å². The van der Waals surface area contributed by atoms with Crippen molar-refractivity contribution in [2.45, 2.75) is 19.8 Å². The highest BCUT2D eigenvalue weighted by Crippen LogP contribution is 2.28. The van der Waals surface area contributed by atoms with Gasteiger partial charge < -0.3 is 19.6 Å². The van der Waals surface area contributed by atoms with Crippen molar-refractivity contribution in [1.29, 1.82) is 0 Å². The second-order valence-electron chi connectivity index (χ2n) is 5.95. The number of aliphatic carboxylic acids is 1. The molecule has 6 nitrogen and oxygen atoms in total. The number of ether oxygens (including phenoxy) is 1. The summed E-state index contributed by atoms with van der Waals surface area (Å²) in [4.78, 5) is 27.0. The lowest BCUT2D eigenvalue weighted by molar-refractivity contribution is -0.138. The molecule has 1 amide bonds. The molecule has 0 bridgehead atoms. The molecule has 1 aromatic rings. The second-order valence-corrected chi connectivity index (χ2v) is 5.95. The molecular formula is C17H24N2O4. The molecule has 1 unspecified atom stereocenters. The van der Waals surface area contributed by atoms with E-state index in [0.29, 0.717) is 19.5 Å². The molecule has 1 saturated heterocycles. The monoisotopic (exact) mass is 320 g/mol. The van der Waals surface area contributed by atoms with Crippen molar-refractivity contribution in [3.8, 4) is 5.75 Å². The third-order valence-electron chi connectivity index (χ3n) is 4.10. The Labute approximate surface area is 136 Å². The standard InChI is InChI=1S/C17H24N2O4/c1-13(12-17(21)22)11-16(20)19-9-7-18(8-10-19)14-5-3-4-6-15(14)23-2/h3-6,13H,7-12H2,1-2H3,(H,21,22). The fraction of sp³-hybridized carbons (Fsp3) is 0.529. The summed E-state index contributed by atoms with van der Waals surface area (Å²) in [6.07, 6.45) is 0.327. The zero-order valence-corrected chi connectivity index (χ0v) is 13.7. The van der Waals surface area contributed by atoms with E-state index in [4.69, 9.17) is 9.84 Å². The first-order valence-corrected chi connectivity index (χ1v) is 7.88. The van der Waals surface area contributed by atoms with Gasteiger partial charge in [-0.15, -0.1) is 0 Å². The number of piperazine rings is 1. The number of rotatable bonds is 6. The zero-order valence-electron chi connectivity index (χ0n) is 13.7. The van der Waals surface area contributed by atoms with Gasteiger partial charge in [0.2, 0.25) is 5.91 Å². The molecule has 0 radical (unpaired) electrons. The number of benzene rings is 1. The molecule has 126 valence electrons. The number of carboxylic acids is 1. The summed E-state index contributed by atoms with van der Waals surface area (Å²) in [5.41, 5.74) is 1.04. The summed E-state index contributed by atoms with van der Waals surface area (Å²) in [5.74, 6) is -0.112. The van der Waals surface area contributed by atoms with Gasteiger partial charge in [0, 0.05) is 39.0 Å². The van der Waals surface area contributed by atoms with Gasteiger partial charge in [-0.3, -0.25) is 9.59 Å². The Kier molecular flexibility index (Phi) is 5.84. The van der Waals surface area contributed by atoms with Crippen LogP contribution in [0.4, 0.5) is 5.69 Å². The topological polar surface area (TPSA) is 70.1 Å². The van der Waals surface area contributed by atoms with Crippen LogP contribution in [0.15, 0.2) is 24.3 Å². The lowest BCUT2D eigenvalue weighted by Gasteiger charge is -2.37. The van der Waals surface area contributed by atoms with E-state index in [2.05, 4.69) is 4.90 Å². The summed E-state index contributed by atoms with van der Waals surface area (Å²) < 4.78 is 5.38. The highest BCUT2D eigenvalue weighted by Gasteiger charge is 2.24. The second kappa shape index (κ2) is 7.85. The van der Waals surface area contributed by atoms with Crippen LogP contribution in [0.5, 0.6) is 5.75 Å². The van der Waals surface area contributed by atoms with Crippen molar-refractivity contribution in [3.05, 3.63) is 24.3 Å². The molecule has 0 aromatic heterocycles. The predicted octanol–water partition coefficient (Wildman–Crippen LogP) is 1.84. The normalized spacial score (nSPS) is 16.1. The van der Waals surface area contributed by atoms with Gasteiger partial charge in [-0.25, -0.2) is 0 Å². The number of anilines is 1. The Hall–Kier alpha value is -2.24. The maximum Gasteiger partial charge on any atom is 0.303 e. The van der Waals surface area contributed by atoms with E-state index in [1.165, 1.54) is 0 Å². The Balaban J connectivity index is 1.88. The van der Waals surface area contributed by atoms with Gasteiger partial charge in [0.05, 0.1) is 12.8 Å². The van der Waals surface area contributed by atoms with Gasteiger partial charge in [0.1, 0.15) is 5.75 Å². The number of nitrogens with zero attached hydrogens (tertiary/aromatic N) is 2. The average molecular weight is 320 g/mol. The minimum absolute atomic E-state index is 0.0346. The summed E-state index contributed by atoms with van der Waals surface area (Å²) in [7, 11) is 1.66. The van der Waals surface area contributed by atoms with Crippen molar-refractivity contribution >= 4 is 17.6 Å². The number of para-hydroxylation sites is 2.